The van der Waals surface area contributed by atoms with Crippen LogP contribution in [0.5, 0.6) is 0 Å². The first-order chi connectivity index (χ1) is 7.70. The third kappa shape index (κ3) is 2.35. The van der Waals surface area contributed by atoms with Crippen molar-refractivity contribution >= 4 is 11.8 Å². The molecular weight excluding hydrogens is 208 g/mol. The Kier molecular flexibility index (Phi) is 3.43. The molecule has 1 saturated carbocycles. The van der Waals surface area contributed by atoms with Gasteiger partial charge in [-0.1, -0.05) is 0 Å². The van der Waals surface area contributed by atoms with Gasteiger partial charge in [0, 0.05) is 13.2 Å². The number of nitrogens with zero attached hydrogens (tertiary/aromatic N) is 1. The number of carbonyl (C=O) groups excluding carboxylic acids is 2. The molecule has 0 aromatic heterocycles. The lowest BCUT2D eigenvalue weighted by atomic mass is 9.91. The van der Waals surface area contributed by atoms with Crippen LogP contribution in [0.1, 0.15) is 25.7 Å². The molecule has 1 N–H and O–H groups in total. The minimum absolute atomic E-state index is 0.0290. The molecular formula is C11H18N2O3. The molecule has 0 aromatic carbocycles. The van der Waals surface area contributed by atoms with Crippen molar-refractivity contribution < 1.29 is 14.3 Å². The molecule has 5 heteroatoms. The average molecular weight is 226 g/mol. The first kappa shape index (κ1) is 11.4. The van der Waals surface area contributed by atoms with E-state index in [4.69, 9.17) is 4.74 Å². The molecule has 0 bridgehead atoms. The number of hydrogen-bond acceptors (Lipinski definition) is 3. The van der Waals surface area contributed by atoms with E-state index < -0.39 is 0 Å². The summed E-state index contributed by atoms with van der Waals surface area (Å²) < 4.78 is 5.34. The molecule has 1 saturated heterocycles. The van der Waals surface area contributed by atoms with E-state index in [0.29, 0.717) is 0 Å². The zero-order valence-corrected chi connectivity index (χ0v) is 9.57. The standard InChI is InChI=1S/C11H18N2O3/c1-16-9-4-2-3-8(5-9)13-7-10(14)12-6-11(13)15/h8-9H,2-7H2,1H3,(H,12,14). The predicted octanol–water partition coefficient (Wildman–Crippen LogP) is -0.0976. The second-order valence-electron chi connectivity index (χ2n) is 4.48. The van der Waals surface area contributed by atoms with E-state index in [2.05, 4.69) is 5.32 Å². The van der Waals surface area contributed by atoms with Crippen LogP contribution in [-0.4, -0.2) is 49.1 Å². The molecule has 0 spiro atoms. The summed E-state index contributed by atoms with van der Waals surface area (Å²) in [4.78, 5) is 24.7. The van der Waals surface area contributed by atoms with Crippen molar-refractivity contribution in [3.05, 3.63) is 0 Å². The number of rotatable bonds is 2. The summed E-state index contributed by atoms with van der Waals surface area (Å²) in [7, 11) is 1.71. The van der Waals surface area contributed by atoms with Gasteiger partial charge in [0.15, 0.2) is 0 Å². The normalized spacial score (nSPS) is 31.4. The van der Waals surface area contributed by atoms with Gasteiger partial charge in [-0.25, -0.2) is 0 Å². The molecule has 2 unspecified atom stereocenters. The second kappa shape index (κ2) is 4.82. The number of carbonyl (C=O) groups is 2. The van der Waals surface area contributed by atoms with Gasteiger partial charge in [-0.3, -0.25) is 9.59 Å². The monoisotopic (exact) mass is 226 g/mol. The summed E-state index contributed by atoms with van der Waals surface area (Å²) in [6.07, 6.45) is 4.20. The number of piperazine rings is 1. The molecule has 1 heterocycles. The van der Waals surface area contributed by atoms with Gasteiger partial charge in [-0.2, -0.15) is 0 Å². The van der Waals surface area contributed by atoms with Crippen molar-refractivity contribution in [2.45, 2.75) is 37.8 Å². The Hall–Kier alpha value is -1.10. The highest BCUT2D eigenvalue weighted by Crippen LogP contribution is 2.25. The van der Waals surface area contributed by atoms with Crippen LogP contribution < -0.4 is 5.32 Å². The molecule has 2 rings (SSSR count). The van der Waals surface area contributed by atoms with Gasteiger partial charge in [0.2, 0.25) is 11.8 Å². The Morgan fingerprint density at radius 3 is 2.94 bits per heavy atom. The van der Waals surface area contributed by atoms with Crippen LogP contribution in [0.3, 0.4) is 0 Å². The van der Waals surface area contributed by atoms with Crippen LogP contribution in [0.4, 0.5) is 0 Å². The molecule has 2 amide bonds. The zero-order valence-electron chi connectivity index (χ0n) is 9.57. The highest BCUT2D eigenvalue weighted by Gasteiger charge is 2.33. The zero-order chi connectivity index (χ0) is 11.5. The lowest BCUT2D eigenvalue weighted by Crippen LogP contribution is -2.56. The van der Waals surface area contributed by atoms with Crippen molar-refractivity contribution in [2.75, 3.05) is 20.2 Å². The minimum Gasteiger partial charge on any atom is -0.381 e. The summed E-state index contributed by atoms with van der Waals surface area (Å²) in [5.41, 5.74) is 0. The van der Waals surface area contributed by atoms with E-state index in [1.807, 2.05) is 0 Å². The lowest BCUT2D eigenvalue weighted by molar-refractivity contribution is -0.144. The molecule has 0 aromatic rings. The summed E-state index contributed by atoms with van der Waals surface area (Å²) in [6, 6.07) is 0.178. The van der Waals surface area contributed by atoms with Crippen molar-refractivity contribution in [1.29, 1.82) is 0 Å². The van der Waals surface area contributed by atoms with Gasteiger partial charge in [0.25, 0.3) is 0 Å². The number of nitrogens with one attached hydrogen (secondary N) is 1. The Morgan fingerprint density at radius 2 is 2.19 bits per heavy atom. The van der Waals surface area contributed by atoms with Crippen LogP contribution in [0, 0.1) is 0 Å². The Balaban J connectivity index is 1.99. The van der Waals surface area contributed by atoms with E-state index >= 15 is 0 Å². The van der Waals surface area contributed by atoms with Gasteiger partial charge in [0.05, 0.1) is 19.2 Å². The van der Waals surface area contributed by atoms with Gasteiger partial charge in [-0.05, 0) is 25.7 Å². The fourth-order valence-electron chi connectivity index (χ4n) is 2.52. The van der Waals surface area contributed by atoms with Crippen molar-refractivity contribution in [3.8, 4) is 0 Å². The summed E-state index contributed by atoms with van der Waals surface area (Å²) >= 11 is 0. The Bertz CT molecular complexity index is 293. The maximum Gasteiger partial charge on any atom is 0.242 e. The first-order valence-electron chi connectivity index (χ1n) is 5.79. The largest absolute Gasteiger partial charge is 0.381 e. The SMILES string of the molecule is COC1CCCC(N2CC(=O)NCC2=O)C1. The molecule has 2 fully saturated rings. The quantitative estimate of drug-likeness (QED) is 0.715. The molecule has 1 aliphatic carbocycles. The second-order valence-corrected chi connectivity index (χ2v) is 4.48. The molecule has 1 aliphatic heterocycles. The number of amides is 2. The van der Waals surface area contributed by atoms with E-state index in [1.165, 1.54) is 0 Å². The fraction of sp³-hybridized carbons (Fsp3) is 0.818. The van der Waals surface area contributed by atoms with E-state index in [0.717, 1.165) is 25.7 Å². The van der Waals surface area contributed by atoms with Gasteiger partial charge < -0.3 is 15.0 Å². The van der Waals surface area contributed by atoms with Crippen LogP contribution >= 0.6 is 0 Å². The van der Waals surface area contributed by atoms with Crippen molar-refractivity contribution in [2.24, 2.45) is 0 Å². The predicted molar refractivity (Wildman–Crippen MR) is 57.8 cm³/mol. The Morgan fingerprint density at radius 1 is 1.38 bits per heavy atom. The average Bonchev–Trinajstić information content (AvgIpc) is 2.32. The van der Waals surface area contributed by atoms with Crippen LogP contribution in [0.2, 0.25) is 0 Å². The Labute approximate surface area is 95.1 Å². The molecule has 90 valence electrons. The number of ether oxygens (including phenoxy) is 1. The van der Waals surface area contributed by atoms with Crippen molar-refractivity contribution in [1.82, 2.24) is 10.2 Å². The first-order valence-corrected chi connectivity index (χ1v) is 5.79. The highest BCUT2D eigenvalue weighted by atomic mass is 16.5. The topological polar surface area (TPSA) is 58.6 Å². The molecule has 2 aliphatic rings. The van der Waals surface area contributed by atoms with Crippen LogP contribution in [-0.2, 0) is 14.3 Å². The van der Waals surface area contributed by atoms with Crippen LogP contribution in [0.15, 0.2) is 0 Å². The molecule has 5 nitrogen and oxygen atoms in total. The smallest absolute Gasteiger partial charge is 0.242 e. The third-order valence-electron chi connectivity index (χ3n) is 3.44. The maximum absolute atomic E-state index is 11.7. The van der Waals surface area contributed by atoms with Gasteiger partial charge >= 0.3 is 0 Å². The van der Waals surface area contributed by atoms with Crippen LogP contribution in [0.25, 0.3) is 0 Å². The van der Waals surface area contributed by atoms with Crippen molar-refractivity contribution in [3.63, 3.8) is 0 Å². The van der Waals surface area contributed by atoms with E-state index in [-0.39, 0.29) is 37.0 Å². The third-order valence-corrected chi connectivity index (χ3v) is 3.44. The summed E-state index contributed by atoms with van der Waals surface area (Å²) in [5, 5.41) is 2.56. The fourth-order valence-corrected chi connectivity index (χ4v) is 2.52. The molecule has 2 atom stereocenters. The van der Waals surface area contributed by atoms with E-state index in [1.54, 1.807) is 12.0 Å². The minimum atomic E-state index is -0.0564. The maximum atomic E-state index is 11.7. The van der Waals surface area contributed by atoms with Gasteiger partial charge in [0.1, 0.15) is 0 Å². The number of hydrogen-bond donors (Lipinski definition) is 1. The number of methoxy groups -OCH3 is 1. The summed E-state index contributed by atoms with van der Waals surface area (Å²) in [6.45, 7) is 0.354. The molecule has 16 heavy (non-hydrogen) atoms. The van der Waals surface area contributed by atoms with Gasteiger partial charge in [-0.15, -0.1) is 0 Å². The summed E-state index contributed by atoms with van der Waals surface area (Å²) in [5.74, 6) is -0.0273. The highest BCUT2D eigenvalue weighted by molar-refractivity contribution is 5.92. The van der Waals surface area contributed by atoms with E-state index in [9.17, 15) is 9.59 Å². The molecule has 0 radical (unpaired) electrons. The lowest BCUT2D eigenvalue weighted by Gasteiger charge is -2.38.